The zero-order chi connectivity index (χ0) is 7.68. The van der Waals surface area contributed by atoms with Gasteiger partial charge in [0.1, 0.15) is 0 Å². The summed E-state index contributed by atoms with van der Waals surface area (Å²) in [6.45, 7) is 4.25. The molecular weight excluding hydrogens is 138 g/mol. The average Bonchev–Trinajstić information content (AvgIpc) is 1.79. The first-order valence-electron chi connectivity index (χ1n) is 4.15. The number of hydrogen-bond donors (Lipinski definition) is 0. The van der Waals surface area contributed by atoms with Crippen molar-refractivity contribution in [3.05, 3.63) is 0 Å². The fourth-order valence-electron chi connectivity index (χ4n) is 1.64. The van der Waals surface area contributed by atoms with E-state index in [9.17, 15) is 0 Å². The Bertz CT molecular complexity index is 174. The number of likely N-dealkylation sites (tertiary alicyclic amines) is 1. The molecule has 0 amide bonds. The van der Waals surface area contributed by atoms with Gasteiger partial charge in [0, 0.05) is 19.5 Å². The molecule has 2 nitrogen and oxygen atoms in total. The zero-order valence-electron chi connectivity index (χ0n) is 6.62. The van der Waals surface area contributed by atoms with Crippen molar-refractivity contribution in [2.75, 3.05) is 26.3 Å². The molecule has 2 aliphatic rings. The van der Waals surface area contributed by atoms with Crippen LogP contribution in [-0.4, -0.2) is 37.2 Å². The van der Waals surface area contributed by atoms with Crippen LogP contribution in [0.1, 0.15) is 6.42 Å². The Labute approximate surface area is 67.5 Å². The van der Waals surface area contributed by atoms with Crippen molar-refractivity contribution in [2.24, 2.45) is 5.92 Å². The molecule has 2 fully saturated rings. The SMILES string of the molecule is C#CCC1CN(C2COC2)C1. The predicted octanol–water partition coefficient (Wildman–Crippen LogP) is 0.340. The third-order valence-corrected chi connectivity index (χ3v) is 2.53. The Morgan fingerprint density at radius 3 is 2.64 bits per heavy atom. The van der Waals surface area contributed by atoms with Crippen molar-refractivity contribution >= 4 is 0 Å². The molecule has 2 saturated heterocycles. The molecule has 0 aromatic carbocycles. The van der Waals surface area contributed by atoms with Crippen LogP contribution in [0.4, 0.5) is 0 Å². The van der Waals surface area contributed by atoms with Gasteiger partial charge in [-0.15, -0.1) is 12.3 Å². The molecule has 0 unspecified atom stereocenters. The summed E-state index contributed by atoms with van der Waals surface area (Å²) in [6.07, 6.45) is 6.16. The number of ether oxygens (including phenoxy) is 1. The van der Waals surface area contributed by atoms with Crippen LogP contribution in [0.2, 0.25) is 0 Å². The second-order valence-electron chi connectivity index (χ2n) is 3.42. The van der Waals surface area contributed by atoms with Crippen LogP contribution >= 0.6 is 0 Å². The first kappa shape index (κ1) is 7.15. The van der Waals surface area contributed by atoms with Gasteiger partial charge in [-0.25, -0.2) is 0 Å². The van der Waals surface area contributed by atoms with Gasteiger partial charge < -0.3 is 4.74 Å². The fraction of sp³-hybridized carbons (Fsp3) is 0.778. The maximum absolute atomic E-state index is 5.21. The van der Waals surface area contributed by atoms with Crippen LogP contribution in [0.3, 0.4) is 0 Å². The molecule has 2 heteroatoms. The maximum atomic E-state index is 5.21. The number of nitrogens with zero attached hydrogens (tertiary/aromatic N) is 1. The molecule has 2 rings (SSSR count). The zero-order valence-corrected chi connectivity index (χ0v) is 6.62. The van der Waals surface area contributed by atoms with E-state index in [0.29, 0.717) is 6.04 Å². The first-order valence-corrected chi connectivity index (χ1v) is 4.15. The molecule has 0 radical (unpaired) electrons. The molecule has 11 heavy (non-hydrogen) atoms. The number of rotatable bonds is 2. The van der Waals surface area contributed by atoms with Gasteiger partial charge >= 0.3 is 0 Å². The second-order valence-corrected chi connectivity index (χ2v) is 3.42. The lowest BCUT2D eigenvalue weighted by molar-refractivity contribution is -0.100. The summed E-state index contributed by atoms with van der Waals surface area (Å²) in [4.78, 5) is 2.46. The minimum Gasteiger partial charge on any atom is -0.378 e. The van der Waals surface area contributed by atoms with Gasteiger partial charge in [-0.05, 0) is 5.92 Å². The highest BCUT2D eigenvalue weighted by atomic mass is 16.5. The van der Waals surface area contributed by atoms with Crippen molar-refractivity contribution in [1.29, 1.82) is 0 Å². The highest BCUT2D eigenvalue weighted by Gasteiger charge is 2.35. The lowest BCUT2D eigenvalue weighted by Gasteiger charge is -2.47. The van der Waals surface area contributed by atoms with E-state index in [4.69, 9.17) is 11.2 Å². The van der Waals surface area contributed by atoms with Crippen LogP contribution in [0.25, 0.3) is 0 Å². The third kappa shape index (κ3) is 1.26. The van der Waals surface area contributed by atoms with E-state index >= 15 is 0 Å². The number of hydrogen-bond acceptors (Lipinski definition) is 2. The fourth-order valence-corrected chi connectivity index (χ4v) is 1.64. The van der Waals surface area contributed by atoms with Crippen molar-refractivity contribution in [1.82, 2.24) is 4.90 Å². The van der Waals surface area contributed by atoms with Crippen LogP contribution in [0.5, 0.6) is 0 Å². The molecule has 0 saturated carbocycles. The van der Waals surface area contributed by atoms with Gasteiger partial charge in [0.05, 0.1) is 19.3 Å². The smallest absolute Gasteiger partial charge is 0.0645 e. The van der Waals surface area contributed by atoms with Crippen molar-refractivity contribution < 1.29 is 4.74 Å². The first-order chi connectivity index (χ1) is 5.40. The Kier molecular flexibility index (Phi) is 1.85. The predicted molar refractivity (Wildman–Crippen MR) is 43.1 cm³/mol. The number of terminal acetylenes is 1. The normalized spacial score (nSPS) is 27.2. The Hall–Kier alpha value is -0.520. The standard InChI is InChI=1S/C9H13NO/c1-2-3-8-4-10(5-8)9-6-11-7-9/h1,8-9H,3-7H2. The van der Waals surface area contributed by atoms with Gasteiger partial charge in [-0.1, -0.05) is 0 Å². The van der Waals surface area contributed by atoms with Crippen molar-refractivity contribution in [3.63, 3.8) is 0 Å². The Morgan fingerprint density at radius 2 is 2.18 bits per heavy atom. The molecule has 0 N–H and O–H groups in total. The summed E-state index contributed by atoms with van der Waals surface area (Å²) >= 11 is 0. The summed E-state index contributed by atoms with van der Waals surface area (Å²) in [5.74, 6) is 3.47. The van der Waals surface area contributed by atoms with Gasteiger partial charge in [0.15, 0.2) is 0 Å². The molecule has 0 bridgehead atoms. The lowest BCUT2D eigenvalue weighted by Crippen LogP contribution is -2.58. The molecule has 0 aromatic rings. The summed E-state index contributed by atoms with van der Waals surface area (Å²) in [7, 11) is 0. The highest BCUT2D eigenvalue weighted by molar-refractivity contribution is 4.95. The minimum atomic E-state index is 0.712. The minimum absolute atomic E-state index is 0.712. The van der Waals surface area contributed by atoms with Crippen LogP contribution < -0.4 is 0 Å². The third-order valence-electron chi connectivity index (χ3n) is 2.53. The summed E-state index contributed by atoms with van der Waals surface area (Å²) < 4.78 is 5.10. The average molecular weight is 151 g/mol. The van der Waals surface area contributed by atoms with Crippen LogP contribution in [0, 0.1) is 18.3 Å². The molecule has 2 heterocycles. The van der Waals surface area contributed by atoms with Gasteiger partial charge in [-0.3, -0.25) is 4.90 Å². The van der Waals surface area contributed by atoms with E-state index in [1.165, 1.54) is 13.1 Å². The van der Waals surface area contributed by atoms with Crippen LogP contribution in [-0.2, 0) is 4.74 Å². The quantitative estimate of drug-likeness (QED) is 0.528. The Balaban J connectivity index is 1.67. The molecule has 2 aliphatic heterocycles. The molecule has 60 valence electrons. The summed E-state index contributed by atoms with van der Waals surface area (Å²) in [6, 6.07) is 0.712. The summed E-state index contributed by atoms with van der Waals surface area (Å²) in [5.41, 5.74) is 0. The van der Waals surface area contributed by atoms with E-state index < -0.39 is 0 Å². The lowest BCUT2D eigenvalue weighted by atomic mass is 9.94. The second kappa shape index (κ2) is 2.84. The van der Waals surface area contributed by atoms with E-state index in [-0.39, 0.29) is 0 Å². The highest BCUT2D eigenvalue weighted by Crippen LogP contribution is 2.24. The van der Waals surface area contributed by atoms with E-state index in [0.717, 1.165) is 25.6 Å². The molecule has 0 aromatic heterocycles. The molecular formula is C9H13NO. The van der Waals surface area contributed by atoms with Crippen molar-refractivity contribution in [3.8, 4) is 12.3 Å². The van der Waals surface area contributed by atoms with E-state index in [1.807, 2.05) is 0 Å². The topological polar surface area (TPSA) is 12.5 Å². The monoisotopic (exact) mass is 151 g/mol. The van der Waals surface area contributed by atoms with E-state index in [1.54, 1.807) is 0 Å². The largest absolute Gasteiger partial charge is 0.378 e. The molecule has 0 spiro atoms. The van der Waals surface area contributed by atoms with Gasteiger partial charge in [0.25, 0.3) is 0 Å². The van der Waals surface area contributed by atoms with Crippen molar-refractivity contribution in [2.45, 2.75) is 12.5 Å². The van der Waals surface area contributed by atoms with E-state index in [2.05, 4.69) is 10.8 Å². The van der Waals surface area contributed by atoms with Crippen LogP contribution in [0.15, 0.2) is 0 Å². The van der Waals surface area contributed by atoms with Gasteiger partial charge in [-0.2, -0.15) is 0 Å². The molecule has 0 aliphatic carbocycles. The Morgan fingerprint density at radius 1 is 1.45 bits per heavy atom. The molecule has 0 atom stereocenters. The summed E-state index contributed by atoms with van der Waals surface area (Å²) in [5, 5.41) is 0. The maximum Gasteiger partial charge on any atom is 0.0645 e. The van der Waals surface area contributed by atoms with Gasteiger partial charge in [0.2, 0.25) is 0 Å².